The van der Waals surface area contributed by atoms with Crippen LogP contribution in [0, 0.1) is 0 Å². The summed E-state index contributed by atoms with van der Waals surface area (Å²) in [4.78, 5) is 0. The number of para-hydroxylation sites is 1. The molecule has 26 heavy (non-hydrogen) atoms. The molecule has 0 aliphatic rings. The lowest BCUT2D eigenvalue weighted by Crippen LogP contribution is -2.26. The van der Waals surface area contributed by atoms with E-state index in [2.05, 4.69) is 6.58 Å². The Morgan fingerprint density at radius 2 is 1.92 bits per heavy atom. The number of allylic oxidation sites excluding steroid dienone is 3. The smallest absolute Gasteiger partial charge is 0.127 e. The average molecular weight is 352 g/mol. The molecule has 0 aromatic heterocycles. The fourth-order valence-electron chi connectivity index (χ4n) is 2.31. The number of rotatable bonds is 9. The van der Waals surface area contributed by atoms with Crippen molar-refractivity contribution in [3.8, 4) is 11.5 Å². The molecule has 2 rings (SSSR count). The molecule has 0 radical (unpaired) electrons. The van der Waals surface area contributed by atoms with Crippen molar-refractivity contribution in [3.05, 3.63) is 90.9 Å². The first-order valence-electron chi connectivity index (χ1n) is 8.13. The average Bonchev–Trinajstić information content (AvgIpc) is 2.67. The fourth-order valence-corrected chi connectivity index (χ4v) is 2.31. The Morgan fingerprint density at radius 3 is 2.58 bits per heavy atom. The van der Waals surface area contributed by atoms with E-state index in [1.54, 1.807) is 38.6 Å². The zero-order valence-electron chi connectivity index (χ0n) is 15.1. The van der Waals surface area contributed by atoms with E-state index in [0.29, 0.717) is 12.4 Å². The molecule has 0 saturated heterocycles. The molecule has 0 aliphatic heterocycles. The molecule has 0 bridgehead atoms. The van der Waals surface area contributed by atoms with Gasteiger partial charge in [0.25, 0.3) is 0 Å². The highest BCUT2D eigenvalue weighted by Crippen LogP contribution is 2.28. The quantitative estimate of drug-likeness (QED) is 0.317. The highest BCUT2D eigenvalue weighted by molar-refractivity contribution is 5.57. The summed E-state index contributed by atoms with van der Waals surface area (Å²) in [6.45, 7) is 4.08. The van der Waals surface area contributed by atoms with Crippen molar-refractivity contribution < 1.29 is 14.2 Å². The van der Waals surface area contributed by atoms with Gasteiger partial charge in [-0.05, 0) is 42.5 Å². The summed E-state index contributed by atoms with van der Waals surface area (Å²) in [5, 5.41) is 1.54. The van der Waals surface area contributed by atoms with Crippen molar-refractivity contribution >= 4 is 5.69 Å². The minimum atomic E-state index is 0.328. The van der Waals surface area contributed by atoms with Crippen LogP contribution >= 0.6 is 0 Å². The topological polar surface area (TPSA) is 57.0 Å². The molecule has 0 amide bonds. The number of ether oxygens (including phenoxy) is 3. The zero-order chi connectivity index (χ0) is 18.8. The van der Waals surface area contributed by atoms with Gasteiger partial charge in [0.05, 0.1) is 24.6 Å². The van der Waals surface area contributed by atoms with Gasteiger partial charge in [0.1, 0.15) is 23.9 Å². The van der Waals surface area contributed by atoms with Gasteiger partial charge in [-0.3, -0.25) is 0 Å². The summed E-state index contributed by atoms with van der Waals surface area (Å²) in [7, 11) is 3.39. The first kappa shape index (κ1) is 19.1. The molecule has 0 heterocycles. The summed E-state index contributed by atoms with van der Waals surface area (Å²) in [6.07, 6.45) is 6.75. The Bertz CT molecular complexity index is 768. The number of methoxy groups -OCH3 is 1. The summed E-state index contributed by atoms with van der Waals surface area (Å²) in [5.74, 6) is 7.96. The molecule has 0 atom stereocenters. The highest BCUT2D eigenvalue weighted by Gasteiger charge is 2.10. The number of anilines is 1. The van der Waals surface area contributed by atoms with Gasteiger partial charge in [-0.1, -0.05) is 30.8 Å². The third kappa shape index (κ3) is 5.43. The van der Waals surface area contributed by atoms with Gasteiger partial charge in [-0.25, -0.2) is 5.84 Å². The van der Waals surface area contributed by atoms with Crippen molar-refractivity contribution in [2.24, 2.45) is 5.84 Å². The molecule has 0 unspecified atom stereocenters. The minimum absolute atomic E-state index is 0.328. The molecular formula is C21H24N2O3. The lowest BCUT2D eigenvalue weighted by Gasteiger charge is -2.19. The first-order valence-corrected chi connectivity index (χ1v) is 8.13. The number of hydrazine groups is 1. The van der Waals surface area contributed by atoms with Crippen LogP contribution in [0.4, 0.5) is 5.69 Å². The van der Waals surface area contributed by atoms with Crippen LogP contribution in [0.5, 0.6) is 11.5 Å². The SMILES string of the molecule is C=C/C(=C\C=C\OCc1c(OC)cccc1N(C)N)Oc1ccccc1. The Balaban J connectivity index is 1.99. The van der Waals surface area contributed by atoms with Gasteiger partial charge in [0.15, 0.2) is 0 Å². The lowest BCUT2D eigenvalue weighted by atomic mass is 10.1. The Labute approximate surface area is 154 Å². The third-order valence-electron chi connectivity index (χ3n) is 3.55. The van der Waals surface area contributed by atoms with E-state index in [9.17, 15) is 0 Å². The van der Waals surface area contributed by atoms with Gasteiger partial charge in [0, 0.05) is 7.05 Å². The van der Waals surface area contributed by atoms with Crippen LogP contribution in [0.1, 0.15) is 5.56 Å². The molecule has 136 valence electrons. The molecule has 5 nitrogen and oxygen atoms in total. The summed E-state index contributed by atoms with van der Waals surface area (Å²) >= 11 is 0. The third-order valence-corrected chi connectivity index (χ3v) is 3.55. The van der Waals surface area contributed by atoms with Crippen LogP contribution in [0.15, 0.2) is 85.4 Å². The second-order valence-electron chi connectivity index (χ2n) is 5.40. The number of hydrogen-bond donors (Lipinski definition) is 1. The standard InChI is InChI=1S/C21H24N2O3/c1-4-17(26-18-10-6-5-7-11-18)12-9-15-25-16-19-20(23(2)22)13-8-14-21(19)24-3/h4-15H,1,16,22H2,2-3H3/b15-9+,17-12+. The predicted molar refractivity (Wildman–Crippen MR) is 105 cm³/mol. The van der Waals surface area contributed by atoms with Crippen molar-refractivity contribution in [2.75, 3.05) is 19.2 Å². The van der Waals surface area contributed by atoms with Crippen molar-refractivity contribution in [1.29, 1.82) is 0 Å². The Kier molecular flexibility index (Phi) is 7.33. The molecular weight excluding hydrogens is 328 g/mol. The van der Waals surface area contributed by atoms with Gasteiger partial charge in [-0.15, -0.1) is 0 Å². The maximum atomic E-state index is 5.87. The van der Waals surface area contributed by atoms with E-state index >= 15 is 0 Å². The van der Waals surface area contributed by atoms with E-state index in [0.717, 1.165) is 22.7 Å². The zero-order valence-corrected chi connectivity index (χ0v) is 15.1. The molecule has 0 saturated carbocycles. The van der Waals surface area contributed by atoms with E-state index in [1.807, 2.05) is 48.5 Å². The number of nitrogens with two attached hydrogens (primary N) is 1. The number of benzene rings is 2. The number of nitrogens with zero attached hydrogens (tertiary/aromatic N) is 1. The summed E-state index contributed by atoms with van der Waals surface area (Å²) < 4.78 is 16.7. The monoisotopic (exact) mass is 352 g/mol. The maximum Gasteiger partial charge on any atom is 0.127 e. The van der Waals surface area contributed by atoms with Crippen LogP contribution in [-0.2, 0) is 11.3 Å². The normalized spacial score (nSPS) is 11.3. The largest absolute Gasteiger partial charge is 0.496 e. The van der Waals surface area contributed by atoms with Gasteiger partial charge in [0.2, 0.25) is 0 Å². The number of hydrogen-bond acceptors (Lipinski definition) is 5. The first-order chi connectivity index (χ1) is 12.7. The van der Waals surface area contributed by atoms with Gasteiger partial charge in [-0.2, -0.15) is 0 Å². The second kappa shape index (κ2) is 9.96. The van der Waals surface area contributed by atoms with Crippen LogP contribution < -0.4 is 20.3 Å². The van der Waals surface area contributed by atoms with Gasteiger partial charge >= 0.3 is 0 Å². The Hall–Kier alpha value is -3.18. The Morgan fingerprint density at radius 1 is 1.15 bits per heavy atom. The molecule has 0 aliphatic carbocycles. The summed E-state index contributed by atoms with van der Waals surface area (Å²) in [5.41, 5.74) is 1.71. The lowest BCUT2D eigenvalue weighted by molar-refractivity contribution is 0.231. The second-order valence-corrected chi connectivity index (χ2v) is 5.40. The van der Waals surface area contributed by atoms with Crippen molar-refractivity contribution in [3.63, 3.8) is 0 Å². The molecule has 5 heteroatoms. The van der Waals surface area contributed by atoms with E-state index in [4.69, 9.17) is 20.1 Å². The van der Waals surface area contributed by atoms with E-state index in [1.165, 1.54) is 5.01 Å². The summed E-state index contributed by atoms with van der Waals surface area (Å²) in [6, 6.07) is 15.2. The maximum absolute atomic E-state index is 5.87. The molecule has 0 spiro atoms. The minimum Gasteiger partial charge on any atom is -0.496 e. The highest BCUT2D eigenvalue weighted by atomic mass is 16.5. The molecule has 2 N–H and O–H groups in total. The van der Waals surface area contributed by atoms with Crippen LogP contribution in [-0.4, -0.2) is 14.2 Å². The van der Waals surface area contributed by atoms with Crippen LogP contribution in [0.3, 0.4) is 0 Å². The fraction of sp³-hybridized carbons (Fsp3) is 0.143. The van der Waals surface area contributed by atoms with Gasteiger partial charge < -0.3 is 19.2 Å². The van der Waals surface area contributed by atoms with E-state index in [-0.39, 0.29) is 0 Å². The molecule has 2 aromatic carbocycles. The molecule has 0 fully saturated rings. The van der Waals surface area contributed by atoms with Crippen LogP contribution in [0.2, 0.25) is 0 Å². The van der Waals surface area contributed by atoms with E-state index < -0.39 is 0 Å². The van der Waals surface area contributed by atoms with Crippen molar-refractivity contribution in [2.45, 2.75) is 6.61 Å². The van der Waals surface area contributed by atoms with Crippen molar-refractivity contribution in [1.82, 2.24) is 0 Å². The van der Waals surface area contributed by atoms with Crippen LogP contribution in [0.25, 0.3) is 0 Å². The predicted octanol–water partition coefficient (Wildman–Crippen LogP) is 4.18. The molecule has 2 aromatic rings.